The van der Waals surface area contributed by atoms with E-state index in [1.807, 2.05) is 24.3 Å². The summed E-state index contributed by atoms with van der Waals surface area (Å²) in [6.07, 6.45) is 0. The maximum absolute atomic E-state index is 12.0. The van der Waals surface area contributed by atoms with E-state index in [1.165, 1.54) is 0 Å². The molecule has 19 heavy (non-hydrogen) atoms. The number of benzene rings is 1. The fraction of sp³-hybridized carbons (Fsp3) is 0.286. The second-order valence-corrected chi connectivity index (χ2v) is 4.23. The predicted molar refractivity (Wildman–Crippen MR) is 70.1 cm³/mol. The molecule has 0 radical (unpaired) electrons. The number of amides is 1. The Hall–Kier alpha value is -2.30. The van der Waals surface area contributed by atoms with Gasteiger partial charge in [0.15, 0.2) is 0 Å². The van der Waals surface area contributed by atoms with Crippen LogP contribution in [0.15, 0.2) is 28.8 Å². The van der Waals surface area contributed by atoms with Gasteiger partial charge in [-0.15, -0.1) is 0 Å². The van der Waals surface area contributed by atoms with E-state index in [0.717, 1.165) is 11.3 Å². The minimum atomic E-state index is -0.181. The van der Waals surface area contributed by atoms with E-state index in [0.29, 0.717) is 23.6 Å². The lowest BCUT2D eigenvalue weighted by molar-refractivity contribution is 0.0949. The summed E-state index contributed by atoms with van der Waals surface area (Å²) in [6, 6.07) is 7.56. The van der Waals surface area contributed by atoms with Gasteiger partial charge in [-0.2, -0.15) is 0 Å². The Morgan fingerprint density at radius 3 is 2.84 bits per heavy atom. The number of carbonyl (C=O) groups excluding carboxylic acids is 1. The van der Waals surface area contributed by atoms with E-state index in [4.69, 9.17) is 9.26 Å². The molecule has 5 heteroatoms. The molecule has 1 heterocycles. The van der Waals surface area contributed by atoms with Crippen molar-refractivity contribution in [1.82, 2.24) is 10.5 Å². The third-order valence-corrected chi connectivity index (χ3v) is 2.85. The van der Waals surface area contributed by atoms with Crippen LogP contribution in [0.4, 0.5) is 0 Å². The van der Waals surface area contributed by atoms with Gasteiger partial charge in [0.25, 0.3) is 5.91 Å². The van der Waals surface area contributed by atoms with Gasteiger partial charge in [-0.25, -0.2) is 0 Å². The van der Waals surface area contributed by atoms with Crippen LogP contribution in [0.25, 0.3) is 0 Å². The number of aryl methyl sites for hydroxylation is 2. The summed E-state index contributed by atoms with van der Waals surface area (Å²) < 4.78 is 10.1. The molecule has 2 aromatic rings. The molecular weight excluding hydrogens is 244 g/mol. The van der Waals surface area contributed by atoms with Crippen LogP contribution in [0.5, 0.6) is 5.75 Å². The number of methoxy groups -OCH3 is 1. The minimum Gasteiger partial charge on any atom is -0.497 e. The maximum atomic E-state index is 12.0. The Morgan fingerprint density at radius 1 is 1.42 bits per heavy atom. The van der Waals surface area contributed by atoms with Crippen molar-refractivity contribution in [3.8, 4) is 5.75 Å². The first kappa shape index (κ1) is 13.1. The quantitative estimate of drug-likeness (QED) is 0.915. The number of nitrogens with one attached hydrogen (secondary N) is 1. The van der Waals surface area contributed by atoms with Crippen LogP contribution in [0, 0.1) is 13.8 Å². The van der Waals surface area contributed by atoms with Crippen molar-refractivity contribution in [2.45, 2.75) is 20.4 Å². The van der Waals surface area contributed by atoms with E-state index in [-0.39, 0.29) is 5.91 Å². The second-order valence-electron chi connectivity index (χ2n) is 4.23. The summed E-state index contributed by atoms with van der Waals surface area (Å²) in [4.78, 5) is 12.0. The fourth-order valence-electron chi connectivity index (χ4n) is 1.86. The average Bonchev–Trinajstić information content (AvgIpc) is 2.76. The number of carbonyl (C=O) groups is 1. The molecule has 0 fully saturated rings. The lowest BCUT2D eigenvalue weighted by Crippen LogP contribution is -2.23. The third kappa shape index (κ3) is 2.93. The zero-order valence-electron chi connectivity index (χ0n) is 11.2. The summed E-state index contributed by atoms with van der Waals surface area (Å²) in [6.45, 7) is 3.90. The number of hydrogen-bond acceptors (Lipinski definition) is 4. The molecule has 2 rings (SSSR count). The molecule has 5 nitrogen and oxygen atoms in total. The summed E-state index contributed by atoms with van der Waals surface area (Å²) in [7, 11) is 1.61. The predicted octanol–water partition coefficient (Wildman–Crippen LogP) is 2.23. The monoisotopic (exact) mass is 260 g/mol. The van der Waals surface area contributed by atoms with Crippen molar-refractivity contribution in [2.24, 2.45) is 0 Å². The van der Waals surface area contributed by atoms with Gasteiger partial charge >= 0.3 is 0 Å². The average molecular weight is 260 g/mol. The van der Waals surface area contributed by atoms with Gasteiger partial charge in [0, 0.05) is 6.54 Å². The third-order valence-electron chi connectivity index (χ3n) is 2.85. The minimum absolute atomic E-state index is 0.181. The highest BCUT2D eigenvalue weighted by Crippen LogP contribution is 2.14. The van der Waals surface area contributed by atoms with Gasteiger partial charge < -0.3 is 14.6 Å². The van der Waals surface area contributed by atoms with Crippen LogP contribution in [0.2, 0.25) is 0 Å². The van der Waals surface area contributed by atoms with Crippen LogP contribution in [-0.2, 0) is 6.54 Å². The molecule has 0 spiro atoms. The number of hydrogen-bond donors (Lipinski definition) is 1. The Bertz CT molecular complexity index is 571. The highest BCUT2D eigenvalue weighted by atomic mass is 16.5. The standard InChI is InChI=1S/C14H16N2O3/c1-9-13(10(2)19-16-9)14(17)15-8-11-5-4-6-12(7-11)18-3/h4-7H,8H2,1-3H3,(H,15,17). The number of rotatable bonds is 4. The van der Waals surface area contributed by atoms with Crippen molar-refractivity contribution in [1.29, 1.82) is 0 Å². The number of ether oxygens (including phenoxy) is 1. The normalized spacial score (nSPS) is 10.3. The van der Waals surface area contributed by atoms with Crippen molar-refractivity contribution in [3.05, 3.63) is 46.8 Å². The van der Waals surface area contributed by atoms with Gasteiger partial charge in [-0.3, -0.25) is 4.79 Å². The van der Waals surface area contributed by atoms with Crippen LogP contribution in [-0.4, -0.2) is 18.2 Å². The van der Waals surface area contributed by atoms with Gasteiger partial charge in [0.2, 0.25) is 0 Å². The topological polar surface area (TPSA) is 64.4 Å². The van der Waals surface area contributed by atoms with E-state index in [2.05, 4.69) is 10.5 Å². The lowest BCUT2D eigenvalue weighted by Gasteiger charge is -2.06. The first-order chi connectivity index (χ1) is 9.11. The molecule has 1 aromatic heterocycles. The summed E-state index contributed by atoms with van der Waals surface area (Å²) in [5, 5.41) is 6.60. The Balaban J connectivity index is 2.04. The fourth-order valence-corrected chi connectivity index (χ4v) is 1.86. The SMILES string of the molecule is COc1cccc(CNC(=O)c2c(C)noc2C)c1. The molecule has 0 aliphatic rings. The molecule has 0 saturated heterocycles. The Kier molecular flexibility index (Phi) is 3.85. The van der Waals surface area contributed by atoms with Gasteiger partial charge in [-0.1, -0.05) is 17.3 Å². The molecule has 0 aliphatic heterocycles. The van der Waals surface area contributed by atoms with Crippen molar-refractivity contribution in [3.63, 3.8) is 0 Å². The molecular formula is C14H16N2O3. The van der Waals surface area contributed by atoms with E-state index < -0.39 is 0 Å². The largest absolute Gasteiger partial charge is 0.497 e. The molecule has 0 aliphatic carbocycles. The van der Waals surface area contributed by atoms with Crippen molar-refractivity contribution < 1.29 is 14.1 Å². The zero-order chi connectivity index (χ0) is 13.8. The van der Waals surface area contributed by atoms with E-state index in [9.17, 15) is 4.79 Å². The van der Waals surface area contributed by atoms with Gasteiger partial charge in [0.1, 0.15) is 17.1 Å². The molecule has 1 aromatic carbocycles. The van der Waals surface area contributed by atoms with Gasteiger partial charge in [-0.05, 0) is 31.5 Å². The number of nitrogens with zero attached hydrogens (tertiary/aromatic N) is 1. The van der Waals surface area contributed by atoms with E-state index >= 15 is 0 Å². The summed E-state index contributed by atoms with van der Waals surface area (Å²) in [5.41, 5.74) is 2.07. The van der Waals surface area contributed by atoms with Crippen molar-refractivity contribution >= 4 is 5.91 Å². The smallest absolute Gasteiger partial charge is 0.257 e. The van der Waals surface area contributed by atoms with Crippen LogP contribution < -0.4 is 10.1 Å². The van der Waals surface area contributed by atoms with Crippen LogP contribution in [0.3, 0.4) is 0 Å². The number of aromatic nitrogens is 1. The Labute approximate surface area is 111 Å². The zero-order valence-corrected chi connectivity index (χ0v) is 11.2. The highest BCUT2D eigenvalue weighted by molar-refractivity contribution is 5.96. The summed E-state index contributed by atoms with van der Waals surface area (Å²) in [5.74, 6) is 1.11. The molecule has 0 saturated carbocycles. The molecule has 1 amide bonds. The highest BCUT2D eigenvalue weighted by Gasteiger charge is 2.16. The second kappa shape index (κ2) is 5.56. The first-order valence-corrected chi connectivity index (χ1v) is 5.96. The first-order valence-electron chi connectivity index (χ1n) is 5.96. The molecule has 100 valence electrons. The molecule has 1 N–H and O–H groups in total. The van der Waals surface area contributed by atoms with Gasteiger partial charge in [0.05, 0.1) is 12.8 Å². The summed E-state index contributed by atoms with van der Waals surface area (Å²) >= 11 is 0. The molecule has 0 atom stereocenters. The lowest BCUT2D eigenvalue weighted by atomic mass is 10.1. The Morgan fingerprint density at radius 2 is 2.21 bits per heavy atom. The van der Waals surface area contributed by atoms with Crippen LogP contribution in [0.1, 0.15) is 27.4 Å². The molecule has 0 bridgehead atoms. The van der Waals surface area contributed by atoms with Crippen LogP contribution >= 0.6 is 0 Å². The maximum Gasteiger partial charge on any atom is 0.257 e. The van der Waals surface area contributed by atoms with Crippen molar-refractivity contribution in [2.75, 3.05) is 7.11 Å². The van der Waals surface area contributed by atoms with E-state index in [1.54, 1.807) is 21.0 Å². The molecule has 0 unspecified atom stereocenters.